The van der Waals surface area contributed by atoms with Crippen molar-refractivity contribution in [3.63, 3.8) is 0 Å². The summed E-state index contributed by atoms with van der Waals surface area (Å²) in [6, 6.07) is 0. The summed E-state index contributed by atoms with van der Waals surface area (Å²) in [5.41, 5.74) is 5.70. The van der Waals surface area contributed by atoms with Gasteiger partial charge in [-0.3, -0.25) is 0 Å². The first-order valence-electron chi connectivity index (χ1n) is 6.66. The first kappa shape index (κ1) is 10.2. The third-order valence-corrected chi connectivity index (χ3v) is 5.60. The number of thiazole rings is 1. The monoisotopic (exact) mass is 250 g/mol. The van der Waals surface area contributed by atoms with Crippen molar-refractivity contribution in [3.05, 3.63) is 6.20 Å². The van der Waals surface area contributed by atoms with E-state index in [1.807, 2.05) is 0 Å². The minimum absolute atomic E-state index is 0.424. The Bertz CT molecular complexity index is 403. The number of aromatic nitrogens is 1. The third kappa shape index (κ3) is 1.65. The average Bonchev–Trinajstić information content (AvgIpc) is 2.68. The summed E-state index contributed by atoms with van der Waals surface area (Å²) in [4.78, 5) is 4.24. The van der Waals surface area contributed by atoms with E-state index in [0.717, 1.165) is 33.9 Å². The van der Waals surface area contributed by atoms with Gasteiger partial charge in [0, 0.05) is 0 Å². The molecule has 92 valence electrons. The maximum absolute atomic E-state index is 6.14. The molecule has 4 aliphatic rings. The molecule has 2 N–H and O–H groups in total. The number of anilines is 1. The van der Waals surface area contributed by atoms with Crippen molar-refractivity contribution in [3.8, 4) is 5.19 Å². The lowest BCUT2D eigenvalue weighted by molar-refractivity contribution is -0.0790. The van der Waals surface area contributed by atoms with Crippen molar-refractivity contribution < 1.29 is 4.74 Å². The maximum Gasteiger partial charge on any atom is 0.275 e. The fourth-order valence-corrected chi connectivity index (χ4v) is 5.08. The quantitative estimate of drug-likeness (QED) is 0.878. The normalized spacial score (nSPS) is 42.9. The molecule has 1 aromatic heterocycles. The van der Waals surface area contributed by atoms with Gasteiger partial charge in [-0.15, -0.1) is 0 Å². The van der Waals surface area contributed by atoms with Crippen LogP contribution in [0.2, 0.25) is 0 Å². The molecule has 0 unspecified atom stereocenters. The van der Waals surface area contributed by atoms with Gasteiger partial charge in [0.05, 0.1) is 6.20 Å². The van der Waals surface area contributed by atoms with Crippen LogP contribution < -0.4 is 10.5 Å². The van der Waals surface area contributed by atoms with E-state index >= 15 is 0 Å². The summed E-state index contributed by atoms with van der Waals surface area (Å²) in [5.74, 6) is 3.57. The van der Waals surface area contributed by atoms with Gasteiger partial charge < -0.3 is 10.5 Å². The van der Waals surface area contributed by atoms with Crippen molar-refractivity contribution in [2.45, 2.75) is 38.2 Å². The van der Waals surface area contributed by atoms with Crippen molar-refractivity contribution in [1.82, 2.24) is 4.98 Å². The second kappa shape index (κ2) is 3.61. The molecule has 0 amide bonds. The molecular formula is C13H18N2OS. The Balaban J connectivity index is 1.54. The first-order chi connectivity index (χ1) is 8.28. The highest BCUT2D eigenvalue weighted by molar-refractivity contribution is 7.17. The molecule has 4 bridgehead atoms. The Labute approximate surface area is 105 Å². The van der Waals surface area contributed by atoms with Crippen LogP contribution in [0.15, 0.2) is 6.20 Å². The Kier molecular flexibility index (Phi) is 2.16. The van der Waals surface area contributed by atoms with Crippen LogP contribution in [0.1, 0.15) is 32.1 Å². The molecule has 4 saturated carbocycles. The van der Waals surface area contributed by atoms with Crippen LogP contribution in [-0.2, 0) is 0 Å². The fraction of sp³-hybridized carbons (Fsp3) is 0.769. The molecule has 0 spiro atoms. The van der Waals surface area contributed by atoms with E-state index < -0.39 is 0 Å². The van der Waals surface area contributed by atoms with Crippen LogP contribution >= 0.6 is 11.3 Å². The van der Waals surface area contributed by atoms with Gasteiger partial charge in [-0.05, 0) is 55.8 Å². The first-order valence-corrected chi connectivity index (χ1v) is 7.47. The Morgan fingerprint density at radius 1 is 1.12 bits per heavy atom. The van der Waals surface area contributed by atoms with E-state index in [1.54, 1.807) is 6.20 Å². The third-order valence-electron chi connectivity index (χ3n) is 4.88. The average molecular weight is 250 g/mol. The lowest BCUT2D eigenvalue weighted by Crippen LogP contribution is -2.50. The van der Waals surface area contributed by atoms with Crippen molar-refractivity contribution in [2.75, 3.05) is 5.73 Å². The molecule has 1 aromatic rings. The second-order valence-corrected chi connectivity index (χ2v) is 7.07. The summed E-state index contributed by atoms with van der Waals surface area (Å²) < 4.78 is 6.14. The Morgan fingerprint density at radius 2 is 1.76 bits per heavy atom. The molecule has 4 fully saturated rings. The van der Waals surface area contributed by atoms with Gasteiger partial charge in [0.1, 0.15) is 11.1 Å². The van der Waals surface area contributed by atoms with Gasteiger partial charge in [0.15, 0.2) is 0 Å². The largest absolute Gasteiger partial charge is 0.466 e. The van der Waals surface area contributed by atoms with E-state index in [9.17, 15) is 0 Å². The SMILES string of the molecule is Nc1cnc(OC2C3CC4CC(C3)CC2C4)s1. The van der Waals surface area contributed by atoms with Gasteiger partial charge in [-0.25, -0.2) is 4.98 Å². The summed E-state index contributed by atoms with van der Waals surface area (Å²) in [5, 5.41) is 1.53. The highest BCUT2D eigenvalue weighted by atomic mass is 32.1. The standard InChI is InChI=1S/C13H18N2OS/c14-11-6-15-13(17-11)16-12-9-2-7-1-8(4-9)5-10(12)3-7/h6-10,12H,1-5,14H2. The molecule has 0 atom stereocenters. The Morgan fingerprint density at radius 3 is 2.29 bits per heavy atom. The van der Waals surface area contributed by atoms with Crippen molar-refractivity contribution in [1.29, 1.82) is 0 Å². The van der Waals surface area contributed by atoms with Crippen molar-refractivity contribution >= 4 is 16.3 Å². The molecule has 0 radical (unpaired) electrons. The zero-order chi connectivity index (χ0) is 11.4. The van der Waals surface area contributed by atoms with Gasteiger partial charge in [-0.1, -0.05) is 11.3 Å². The Hall–Kier alpha value is -0.770. The summed E-state index contributed by atoms with van der Waals surface area (Å²) in [6.45, 7) is 0. The van der Waals surface area contributed by atoms with Crippen LogP contribution in [0.4, 0.5) is 5.00 Å². The lowest BCUT2D eigenvalue weighted by atomic mass is 9.55. The molecule has 0 aromatic carbocycles. The summed E-state index contributed by atoms with van der Waals surface area (Å²) >= 11 is 1.48. The van der Waals surface area contributed by atoms with E-state index in [4.69, 9.17) is 10.5 Å². The highest BCUT2D eigenvalue weighted by Gasteiger charge is 2.49. The maximum atomic E-state index is 6.14. The van der Waals surface area contributed by atoms with Crippen LogP contribution in [0.3, 0.4) is 0 Å². The molecule has 3 nitrogen and oxygen atoms in total. The molecule has 0 saturated heterocycles. The van der Waals surface area contributed by atoms with Crippen LogP contribution in [0.5, 0.6) is 5.19 Å². The number of nitrogen functional groups attached to an aromatic ring is 1. The minimum Gasteiger partial charge on any atom is -0.466 e. The van der Waals surface area contributed by atoms with E-state index in [2.05, 4.69) is 4.98 Å². The number of hydrogen-bond donors (Lipinski definition) is 1. The number of hydrogen-bond acceptors (Lipinski definition) is 4. The minimum atomic E-state index is 0.424. The molecule has 17 heavy (non-hydrogen) atoms. The summed E-state index contributed by atoms with van der Waals surface area (Å²) in [7, 11) is 0. The second-order valence-electron chi connectivity index (χ2n) is 6.04. The number of nitrogens with two attached hydrogens (primary N) is 1. The predicted octanol–water partition coefficient (Wildman–Crippen LogP) is 2.93. The molecule has 5 rings (SSSR count). The zero-order valence-corrected chi connectivity index (χ0v) is 10.7. The van der Waals surface area contributed by atoms with E-state index in [0.29, 0.717) is 6.10 Å². The fourth-order valence-electron chi connectivity index (χ4n) is 4.51. The van der Waals surface area contributed by atoms with Crippen LogP contribution in [-0.4, -0.2) is 11.1 Å². The van der Waals surface area contributed by atoms with Gasteiger partial charge >= 0.3 is 0 Å². The van der Waals surface area contributed by atoms with Gasteiger partial charge in [-0.2, -0.15) is 0 Å². The lowest BCUT2D eigenvalue weighted by Gasteiger charge is -2.53. The molecular weight excluding hydrogens is 232 g/mol. The van der Waals surface area contributed by atoms with Gasteiger partial charge in [0.2, 0.25) is 0 Å². The molecule has 0 aliphatic heterocycles. The highest BCUT2D eigenvalue weighted by Crippen LogP contribution is 2.54. The topological polar surface area (TPSA) is 48.1 Å². The van der Waals surface area contributed by atoms with E-state index in [-0.39, 0.29) is 0 Å². The number of nitrogens with zero attached hydrogens (tertiary/aromatic N) is 1. The van der Waals surface area contributed by atoms with E-state index in [1.165, 1.54) is 43.4 Å². The number of rotatable bonds is 2. The van der Waals surface area contributed by atoms with Gasteiger partial charge in [0.25, 0.3) is 5.19 Å². The summed E-state index contributed by atoms with van der Waals surface area (Å²) in [6.07, 6.45) is 9.17. The van der Waals surface area contributed by atoms with Crippen LogP contribution in [0, 0.1) is 23.7 Å². The predicted molar refractivity (Wildman–Crippen MR) is 68.0 cm³/mol. The molecule has 4 aliphatic carbocycles. The van der Waals surface area contributed by atoms with Crippen LogP contribution in [0.25, 0.3) is 0 Å². The van der Waals surface area contributed by atoms with Crippen molar-refractivity contribution in [2.24, 2.45) is 23.7 Å². The molecule has 4 heteroatoms. The number of ether oxygens (including phenoxy) is 1. The smallest absolute Gasteiger partial charge is 0.275 e. The molecule has 1 heterocycles. The zero-order valence-electron chi connectivity index (χ0n) is 9.84.